The maximum Gasteiger partial charge on any atom is 0.138 e. The Morgan fingerprint density at radius 1 is 1.39 bits per heavy atom. The van der Waals surface area contributed by atoms with Crippen molar-refractivity contribution in [2.24, 2.45) is 5.73 Å². The number of hydrogen-bond acceptors (Lipinski definition) is 3. The first kappa shape index (κ1) is 15.3. The number of nitrogens with zero attached hydrogens (tertiary/aromatic N) is 1. The fourth-order valence-electron chi connectivity index (χ4n) is 1.30. The topological polar surface area (TPSA) is 38.5 Å². The van der Waals surface area contributed by atoms with E-state index in [0.717, 1.165) is 5.56 Å². The standard InChI is InChI=1S/C14H23ClN2O/c1-10(16)11-6-7-13(12(15)8-11)18-9-14(2,3)17(4)5/h6-8,10H,9,16H2,1-5H3. The van der Waals surface area contributed by atoms with Crippen molar-refractivity contribution in [1.82, 2.24) is 4.90 Å². The van der Waals surface area contributed by atoms with E-state index in [1.165, 1.54) is 0 Å². The van der Waals surface area contributed by atoms with Gasteiger partial charge in [0.2, 0.25) is 0 Å². The van der Waals surface area contributed by atoms with Crippen LogP contribution < -0.4 is 10.5 Å². The van der Waals surface area contributed by atoms with Crippen molar-refractivity contribution in [1.29, 1.82) is 0 Å². The SMILES string of the molecule is CC(N)c1ccc(OCC(C)(C)N(C)C)c(Cl)c1. The molecule has 0 saturated carbocycles. The van der Waals surface area contributed by atoms with Gasteiger partial charge in [0.25, 0.3) is 0 Å². The molecule has 0 aliphatic heterocycles. The number of halogens is 1. The zero-order chi connectivity index (χ0) is 13.9. The lowest BCUT2D eigenvalue weighted by Gasteiger charge is -2.32. The zero-order valence-electron chi connectivity index (χ0n) is 11.8. The Morgan fingerprint density at radius 3 is 2.44 bits per heavy atom. The number of likely N-dealkylation sites (N-methyl/N-ethyl adjacent to an activating group) is 1. The van der Waals surface area contributed by atoms with Crippen LogP contribution >= 0.6 is 11.6 Å². The number of rotatable bonds is 5. The Morgan fingerprint density at radius 2 is 2.00 bits per heavy atom. The average molecular weight is 271 g/mol. The van der Waals surface area contributed by atoms with Crippen molar-refractivity contribution in [3.63, 3.8) is 0 Å². The Bertz CT molecular complexity index is 403. The molecule has 0 radical (unpaired) electrons. The number of nitrogens with two attached hydrogens (primary N) is 1. The van der Waals surface area contributed by atoms with Crippen LogP contribution in [0.5, 0.6) is 5.75 Å². The minimum atomic E-state index is -0.0385. The minimum absolute atomic E-state index is 0.0187. The van der Waals surface area contributed by atoms with Crippen molar-refractivity contribution >= 4 is 11.6 Å². The Hall–Kier alpha value is -0.770. The number of hydrogen-bond donors (Lipinski definition) is 1. The van der Waals surface area contributed by atoms with Gasteiger partial charge in [-0.25, -0.2) is 0 Å². The van der Waals surface area contributed by atoms with Crippen LogP contribution in [0.4, 0.5) is 0 Å². The van der Waals surface area contributed by atoms with Crippen LogP contribution in [0.1, 0.15) is 32.4 Å². The molecule has 1 rings (SSSR count). The van der Waals surface area contributed by atoms with Gasteiger partial charge in [0.1, 0.15) is 12.4 Å². The third kappa shape index (κ3) is 3.87. The van der Waals surface area contributed by atoms with E-state index in [1.807, 2.05) is 39.2 Å². The maximum absolute atomic E-state index is 6.19. The van der Waals surface area contributed by atoms with Gasteiger partial charge in [0.15, 0.2) is 0 Å². The average Bonchev–Trinajstić information content (AvgIpc) is 2.26. The highest BCUT2D eigenvalue weighted by atomic mass is 35.5. The van der Waals surface area contributed by atoms with Gasteiger partial charge >= 0.3 is 0 Å². The molecule has 0 bridgehead atoms. The molecule has 1 atom stereocenters. The first-order valence-electron chi connectivity index (χ1n) is 6.09. The molecule has 0 spiro atoms. The molecule has 3 nitrogen and oxygen atoms in total. The van der Waals surface area contributed by atoms with Gasteiger partial charge in [-0.05, 0) is 52.6 Å². The number of ether oxygens (including phenoxy) is 1. The molecule has 0 amide bonds. The largest absolute Gasteiger partial charge is 0.490 e. The Kier molecular flexibility index (Phi) is 5.02. The molecule has 0 aliphatic carbocycles. The van der Waals surface area contributed by atoms with Crippen LogP contribution in [0, 0.1) is 0 Å². The highest BCUT2D eigenvalue weighted by Crippen LogP contribution is 2.28. The predicted molar refractivity (Wildman–Crippen MR) is 77.3 cm³/mol. The lowest BCUT2D eigenvalue weighted by molar-refractivity contribution is 0.114. The summed E-state index contributed by atoms with van der Waals surface area (Å²) in [7, 11) is 4.06. The van der Waals surface area contributed by atoms with Gasteiger partial charge in [-0.2, -0.15) is 0 Å². The van der Waals surface area contributed by atoms with Crippen molar-refractivity contribution in [2.45, 2.75) is 32.4 Å². The van der Waals surface area contributed by atoms with Crippen LogP contribution in [0.25, 0.3) is 0 Å². The van der Waals surface area contributed by atoms with Crippen LogP contribution in [0.15, 0.2) is 18.2 Å². The first-order valence-corrected chi connectivity index (χ1v) is 6.47. The van der Waals surface area contributed by atoms with Gasteiger partial charge in [-0.1, -0.05) is 17.7 Å². The summed E-state index contributed by atoms with van der Waals surface area (Å²) < 4.78 is 5.78. The number of benzene rings is 1. The summed E-state index contributed by atoms with van der Waals surface area (Å²) >= 11 is 6.19. The summed E-state index contributed by atoms with van der Waals surface area (Å²) in [5.41, 5.74) is 6.78. The van der Waals surface area contributed by atoms with Crippen molar-refractivity contribution < 1.29 is 4.74 Å². The third-order valence-electron chi connectivity index (χ3n) is 3.27. The summed E-state index contributed by atoms with van der Waals surface area (Å²) in [5.74, 6) is 0.705. The molecular weight excluding hydrogens is 248 g/mol. The molecule has 1 aromatic carbocycles. The van der Waals surface area contributed by atoms with E-state index in [0.29, 0.717) is 17.4 Å². The summed E-state index contributed by atoms with van der Waals surface area (Å²) in [6.45, 7) is 6.76. The van der Waals surface area contributed by atoms with E-state index in [4.69, 9.17) is 22.1 Å². The van der Waals surface area contributed by atoms with E-state index in [1.54, 1.807) is 0 Å². The van der Waals surface area contributed by atoms with E-state index in [-0.39, 0.29) is 11.6 Å². The molecule has 0 aliphatic rings. The lowest BCUT2D eigenvalue weighted by atomic mass is 10.1. The summed E-state index contributed by atoms with van der Waals surface area (Å²) in [6.07, 6.45) is 0. The predicted octanol–water partition coefficient (Wildman–Crippen LogP) is 3.08. The molecule has 0 heterocycles. The van der Waals surface area contributed by atoms with Crippen LogP contribution in [-0.4, -0.2) is 31.1 Å². The van der Waals surface area contributed by atoms with Gasteiger partial charge in [0.05, 0.1) is 5.02 Å². The molecular formula is C14H23ClN2O. The smallest absolute Gasteiger partial charge is 0.138 e. The second kappa shape index (κ2) is 5.91. The van der Waals surface area contributed by atoms with Crippen molar-refractivity contribution in [3.05, 3.63) is 28.8 Å². The molecule has 1 unspecified atom stereocenters. The Balaban J connectivity index is 2.75. The second-order valence-corrected chi connectivity index (χ2v) is 5.88. The summed E-state index contributed by atoms with van der Waals surface area (Å²) in [4.78, 5) is 2.12. The van der Waals surface area contributed by atoms with Crippen LogP contribution in [0.2, 0.25) is 5.02 Å². The molecule has 2 N–H and O–H groups in total. The highest BCUT2D eigenvalue weighted by Gasteiger charge is 2.21. The van der Waals surface area contributed by atoms with Gasteiger partial charge in [0, 0.05) is 11.6 Å². The van der Waals surface area contributed by atoms with Gasteiger partial charge in [-0.15, -0.1) is 0 Å². The van der Waals surface area contributed by atoms with Gasteiger partial charge < -0.3 is 15.4 Å². The molecule has 18 heavy (non-hydrogen) atoms. The van der Waals surface area contributed by atoms with E-state index in [2.05, 4.69) is 18.7 Å². The fourth-order valence-corrected chi connectivity index (χ4v) is 1.54. The monoisotopic (exact) mass is 270 g/mol. The highest BCUT2D eigenvalue weighted by molar-refractivity contribution is 6.32. The summed E-state index contributed by atoms with van der Waals surface area (Å²) in [5, 5.41) is 0.611. The van der Waals surface area contributed by atoms with E-state index in [9.17, 15) is 0 Å². The molecule has 0 aromatic heterocycles. The quantitative estimate of drug-likeness (QED) is 0.894. The molecule has 4 heteroatoms. The van der Waals surface area contributed by atoms with Crippen molar-refractivity contribution in [3.8, 4) is 5.75 Å². The van der Waals surface area contributed by atoms with Crippen LogP contribution in [0.3, 0.4) is 0 Å². The minimum Gasteiger partial charge on any atom is -0.490 e. The fraction of sp³-hybridized carbons (Fsp3) is 0.571. The summed E-state index contributed by atoms with van der Waals surface area (Å²) in [6, 6.07) is 5.68. The second-order valence-electron chi connectivity index (χ2n) is 5.47. The Labute approximate surface area is 115 Å². The van der Waals surface area contributed by atoms with E-state index >= 15 is 0 Å². The van der Waals surface area contributed by atoms with Crippen molar-refractivity contribution in [2.75, 3.05) is 20.7 Å². The third-order valence-corrected chi connectivity index (χ3v) is 3.57. The van der Waals surface area contributed by atoms with E-state index < -0.39 is 0 Å². The molecule has 1 aromatic rings. The lowest BCUT2D eigenvalue weighted by Crippen LogP contribution is -2.43. The zero-order valence-corrected chi connectivity index (χ0v) is 12.6. The first-order chi connectivity index (χ1) is 8.24. The molecule has 0 fully saturated rings. The maximum atomic E-state index is 6.19. The molecule has 102 valence electrons. The normalized spacial score (nSPS) is 13.8. The van der Waals surface area contributed by atoms with Gasteiger partial charge in [-0.3, -0.25) is 0 Å². The molecule has 0 saturated heterocycles. The van der Waals surface area contributed by atoms with Crippen LogP contribution in [-0.2, 0) is 0 Å².